The van der Waals surface area contributed by atoms with E-state index >= 15 is 0 Å². The molecular formula is C20H26N4O2. The predicted octanol–water partition coefficient (Wildman–Crippen LogP) is 3.01. The summed E-state index contributed by atoms with van der Waals surface area (Å²) in [5.74, 6) is 0.177. The van der Waals surface area contributed by atoms with Crippen LogP contribution in [0.4, 0.5) is 10.5 Å². The van der Waals surface area contributed by atoms with Gasteiger partial charge in [0.25, 0.3) is 0 Å². The molecule has 2 heterocycles. The molecule has 1 aromatic rings. The van der Waals surface area contributed by atoms with E-state index in [9.17, 15) is 9.90 Å². The van der Waals surface area contributed by atoms with E-state index in [2.05, 4.69) is 17.4 Å². The first-order valence-electron chi connectivity index (χ1n) is 9.40. The number of hydrogen-bond acceptors (Lipinski definition) is 4. The van der Waals surface area contributed by atoms with Gasteiger partial charge in [0.05, 0.1) is 24.1 Å². The van der Waals surface area contributed by atoms with Crippen LogP contribution in [0.2, 0.25) is 0 Å². The standard InChI is InChI=1S/C20H26N4O2/c1-21-14-8-6-13(7-9-14)19-17-11-10-15(25)4-3-5-16(17)18-12-23(2)20(26)24(18)22-19/h6-9,15,17,21,25H,3-5,10-12H2,1-2H3. The normalized spacial score (nSPS) is 26.1. The number of aliphatic hydroxyl groups is 1. The fraction of sp³-hybridized carbons (Fsp3) is 0.500. The second-order valence-electron chi connectivity index (χ2n) is 7.41. The van der Waals surface area contributed by atoms with Crippen molar-refractivity contribution in [1.29, 1.82) is 0 Å². The number of benzene rings is 1. The van der Waals surface area contributed by atoms with Crippen LogP contribution in [0.5, 0.6) is 0 Å². The molecule has 1 aliphatic carbocycles. The Morgan fingerprint density at radius 1 is 1.19 bits per heavy atom. The molecule has 2 aliphatic heterocycles. The summed E-state index contributed by atoms with van der Waals surface area (Å²) in [5, 5.41) is 19.7. The largest absolute Gasteiger partial charge is 0.393 e. The Bertz CT molecular complexity index is 769. The smallest absolute Gasteiger partial charge is 0.345 e. The second kappa shape index (κ2) is 6.76. The number of nitrogens with zero attached hydrogens (tertiary/aromatic N) is 3. The Labute approximate surface area is 154 Å². The Kier molecular flexibility index (Phi) is 4.44. The zero-order chi connectivity index (χ0) is 18.3. The van der Waals surface area contributed by atoms with Crippen molar-refractivity contribution in [3.63, 3.8) is 0 Å². The van der Waals surface area contributed by atoms with Crippen molar-refractivity contribution >= 4 is 17.4 Å². The number of anilines is 1. The minimum Gasteiger partial charge on any atom is -0.393 e. The molecule has 0 spiro atoms. The molecule has 1 saturated carbocycles. The molecule has 26 heavy (non-hydrogen) atoms. The third-order valence-corrected chi connectivity index (χ3v) is 5.72. The van der Waals surface area contributed by atoms with Gasteiger partial charge in [-0.3, -0.25) is 0 Å². The maximum Gasteiger partial charge on any atom is 0.345 e. The van der Waals surface area contributed by atoms with Crippen LogP contribution in [-0.2, 0) is 0 Å². The molecule has 2 N–H and O–H groups in total. The third-order valence-electron chi connectivity index (χ3n) is 5.72. The molecule has 2 fully saturated rings. The highest BCUT2D eigenvalue weighted by molar-refractivity contribution is 6.05. The van der Waals surface area contributed by atoms with Gasteiger partial charge in [-0.25, -0.2) is 4.79 Å². The van der Waals surface area contributed by atoms with Gasteiger partial charge in [-0.05, 0) is 55.4 Å². The summed E-state index contributed by atoms with van der Waals surface area (Å²) in [7, 11) is 3.72. The summed E-state index contributed by atoms with van der Waals surface area (Å²) >= 11 is 0. The van der Waals surface area contributed by atoms with E-state index in [1.165, 1.54) is 5.57 Å². The lowest BCUT2D eigenvalue weighted by Crippen LogP contribution is -2.34. The number of hydrogen-bond donors (Lipinski definition) is 2. The molecule has 1 saturated heterocycles. The number of hydrazone groups is 1. The average molecular weight is 354 g/mol. The highest BCUT2D eigenvalue weighted by atomic mass is 16.3. The van der Waals surface area contributed by atoms with Gasteiger partial charge < -0.3 is 15.3 Å². The summed E-state index contributed by atoms with van der Waals surface area (Å²) < 4.78 is 0. The summed E-state index contributed by atoms with van der Waals surface area (Å²) in [6, 6.07) is 8.13. The highest BCUT2D eigenvalue weighted by Gasteiger charge is 2.40. The predicted molar refractivity (Wildman–Crippen MR) is 102 cm³/mol. The Hall–Kier alpha value is -2.34. The monoisotopic (exact) mass is 354 g/mol. The molecule has 6 heteroatoms. The van der Waals surface area contributed by atoms with Crippen LogP contribution in [0, 0.1) is 5.92 Å². The van der Waals surface area contributed by atoms with Crippen molar-refractivity contribution in [2.24, 2.45) is 11.0 Å². The van der Waals surface area contributed by atoms with Crippen molar-refractivity contribution < 1.29 is 9.90 Å². The van der Waals surface area contributed by atoms with Gasteiger partial charge in [-0.2, -0.15) is 10.1 Å². The average Bonchev–Trinajstić information content (AvgIpc) is 2.92. The first-order chi connectivity index (χ1) is 12.6. The van der Waals surface area contributed by atoms with Crippen LogP contribution in [0.3, 0.4) is 0 Å². The Balaban J connectivity index is 1.77. The Morgan fingerprint density at radius 2 is 1.96 bits per heavy atom. The van der Waals surface area contributed by atoms with Gasteiger partial charge in [0, 0.05) is 25.7 Å². The van der Waals surface area contributed by atoms with Gasteiger partial charge in [0.15, 0.2) is 0 Å². The van der Waals surface area contributed by atoms with Crippen LogP contribution in [0.1, 0.15) is 37.7 Å². The number of nitrogens with one attached hydrogen (secondary N) is 1. The molecule has 0 bridgehead atoms. The fourth-order valence-corrected chi connectivity index (χ4v) is 4.25. The van der Waals surface area contributed by atoms with E-state index in [1.807, 2.05) is 26.2 Å². The van der Waals surface area contributed by atoms with E-state index in [0.29, 0.717) is 6.54 Å². The number of carbonyl (C=O) groups excluding carboxylic acids is 1. The SMILES string of the molecule is CNc1ccc(C2=NN3C(=O)N(C)CC3=C3CCCC(O)CCC23)cc1. The minimum atomic E-state index is -0.236. The first-order valence-corrected chi connectivity index (χ1v) is 9.40. The molecule has 0 aromatic heterocycles. The number of amides is 2. The third kappa shape index (κ3) is 2.88. The topological polar surface area (TPSA) is 68.2 Å². The summed E-state index contributed by atoms with van der Waals surface area (Å²) in [5.41, 5.74) is 5.42. The van der Waals surface area contributed by atoms with Gasteiger partial charge in [0.1, 0.15) is 0 Å². The summed E-state index contributed by atoms with van der Waals surface area (Å²) in [6.07, 6.45) is 4.12. The van der Waals surface area contributed by atoms with Crippen LogP contribution in [-0.4, -0.2) is 53.5 Å². The van der Waals surface area contributed by atoms with Crippen molar-refractivity contribution in [2.45, 2.75) is 38.2 Å². The van der Waals surface area contributed by atoms with Crippen LogP contribution < -0.4 is 5.32 Å². The minimum absolute atomic E-state index is 0.0580. The van der Waals surface area contributed by atoms with E-state index in [1.54, 1.807) is 9.91 Å². The summed E-state index contributed by atoms with van der Waals surface area (Å²) in [4.78, 5) is 14.3. The van der Waals surface area contributed by atoms with Crippen LogP contribution in [0.25, 0.3) is 0 Å². The summed E-state index contributed by atoms with van der Waals surface area (Å²) in [6.45, 7) is 0.628. The molecule has 3 aliphatic rings. The van der Waals surface area contributed by atoms with Gasteiger partial charge in [0.2, 0.25) is 0 Å². The first kappa shape index (κ1) is 17.1. The number of allylic oxidation sites excluding steroid dienone is 1. The van der Waals surface area contributed by atoms with Crippen molar-refractivity contribution in [3.05, 3.63) is 41.1 Å². The lowest BCUT2D eigenvalue weighted by Gasteiger charge is -2.33. The molecule has 4 rings (SSSR count). The molecule has 0 radical (unpaired) electrons. The van der Waals surface area contributed by atoms with Crippen LogP contribution >= 0.6 is 0 Å². The molecule has 2 atom stereocenters. The second-order valence-corrected chi connectivity index (χ2v) is 7.41. The van der Waals surface area contributed by atoms with Crippen molar-refractivity contribution in [2.75, 3.05) is 26.0 Å². The number of carbonyl (C=O) groups is 1. The fourth-order valence-electron chi connectivity index (χ4n) is 4.25. The number of aliphatic hydroxyl groups excluding tert-OH is 1. The maximum absolute atomic E-state index is 12.6. The van der Waals surface area contributed by atoms with Gasteiger partial charge in [-0.15, -0.1) is 0 Å². The van der Waals surface area contributed by atoms with E-state index in [4.69, 9.17) is 5.10 Å². The van der Waals surface area contributed by atoms with E-state index in [-0.39, 0.29) is 18.1 Å². The number of urea groups is 1. The molecule has 138 valence electrons. The quantitative estimate of drug-likeness (QED) is 0.858. The van der Waals surface area contributed by atoms with Crippen molar-refractivity contribution in [1.82, 2.24) is 9.91 Å². The van der Waals surface area contributed by atoms with E-state index < -0.39 is 0 Å². The molecule has 6 nitrogen and oxygen atoms in total. The maximum atomic E-state index is 12.6. The lowest BCUT2D eigenvalue weighted by atomic mass is 9.79. The number of fused-ring (bicyclic) bond motifs is 2. The van der Waals surface area contributed by atoms with E-state index in [0.717, 1.165) is 54.8 Å². The van der Waals surface area contributed by atoms with Gasteiger partial charge in [-0.1, -0.05) is 12.1 Å². The molecule has 2 amide bonds. The molecular weight excluding hydrogens is 328 g/mol. The van der Waals surface area contributed by atoms with Crippen molar-refractivity contribution in [3.8, 4) is 0 Å². The zero-order valence-electron chi connectivity index (χ0n) is 15.4. The number of rotatable bonds is 2. The highest BCUT2D eigenvalue weighted by Crippen LogP contribution is 2.39. The zero-order valence-corrected chi connectivity index (χ0v) is 15.4. The number of likely N-dealkylation sites (N-methyl/N-ethyl adjacent to an activating group) is 1. The lowest BCUT2D eigenvalue weighted by molar-refractivity contribution is 0.142. The Morgan fingerprint density at radius 3 is 2.69 bits per heavy atom. The molecule has 2 unspecified atom stereocenters. The van der Waals surface area contributed by atoms with Gasteiger partial charge >= 0.3 is 6.03 Å². The van der Waals surface area contributed by atoms with Crippen LogP contribution in [0.15, 0.2) is 40.6 Å². The molecule has 1 aromatic carbocycles.